The van der Waals surface area contributed by atoms with E-state index in [1.807, 2.05) is 13.1 Å². The van der Waals surface area contributed by atoms with Crippen LogP contribution in [0.25, 0.3) is 5.65 Å². The maximum atomic E-state index is 11.6. The number of aryl methyl sites for hydroxylation is 1. The van der Waals surface area contributed by atoms with Gasteiger partial charge in [-0.15, -0.1) is 0 Å². The molecule has 0 aliphatic heterocycles. The monoisotopic (exact) mass is 254 g/mol. The molecule has 0 atom stereocenters. The van der Waals surface area contributed by atoms with Crippen molar-refractivity contribution in [3.8, 4) is 0 Å². The van der Waals surface area contributed by atoms with Gasteiger partial charge >= 0.3 is 10.2 Å². The van der Waals surface area contributed by atoms with Crippen molar-refractivity contribution in [1.82, 2.24) is 13.7 Å². The van der Waals surface area contributed by atoms with Gasteiger partial charge in [0.25, 0.3) is 0 Å². The molecule has 0 saturated heterocycles. The minimum Gasteiger partial charge on any atom is -0.305 e. The van der Waals surface area contributed by atoms with E-state index >= 15 is 0 Å². The van der Waals surface area contributed by atoms with Gasteiger partial charge in [-0.2, -0.15) is 12.7 Å². The molecule has 2 heterocycles. The topological polar surface area (TPSA) is 66.7 Å². The molecule has 7 heteroatoms. The van der Waals surface area contributed by atoms with Crippen LogP contribution in [0.5, 0.6) is 0 Å². The summed E-state index contributed by atoms with van der Waals surface area (Å²) < 4.78 is 28.6. The summed E-state index contributed by atoms with van der Waals surface area (Å²) in [7, 11) is -0.515. The smallest absolute Gasteiger partial charge is 0.301 e. The van der Waals surface area contributed by atoms with Gasteiger partial charge in [-0.1, -0.05) is 0 Å². The quantitative estimate of drug-likeness (QED) is 0.883. The van der Waals surface area contributed by atoms with Crippen LogP contribution in [0.3, 0.4) is 0 Å². The summed E-state index contributed by atoms with van der Waals surface area (Å²) in [6.45, 7) is 1.89. The molecule has 2 aromatic rings. The molecule has 0 fully saturated rings. The molecule has 0 aromatic carbocycles. The number of nitrogens with one attached hydrogen (secondary N) is 1. The lowest BCUT2D eigenvalue weighted by molar-refractivity contribution is 0.527. The second-order valence-corrected chi connectivity index (χ2v) is 5.84. The Kier molecular flexibility index (Phi) is 2.80. The van der Waals surface area contributed by atoms with Gasteiger partial charge in [-0.05, 0) is 19.1 Å². The Morgan fingerprint density at radius 2 is 2.00 bits per heavy atom. The van der Waals surface area contributed by atoms with Crippen LogP contribution in [-0.4, -0.2) is 36.2 Å². The van der Waals surface area contributed by atoms with Crippen LogP contribution in [0.4, 0.5) is 5.69 Å². The molecule has 0 saturated carbocycles. The molecular weight excluding hydrogens is 240 g/mol. The van der Waals surface area contributed by atoms with Gasteiger partial charge in [0, 0.05) is 26.5 Å². The highest BCUT2D eigenvalue weighted by atomic mass is 32.2. The van der Waals surface area contributed by atoms with E-state index in [0.717, 1.165) is 15.6 Å². The molecule has 2 rings (SSSR count). The number of nitrogens with zero attached hydrogens (tertiary/aromatic N) is 3. The highest BCUT2D eigenvalue weighted by Gasteiger charge is 2.13. The summed E-state index contributed by atoms with van der Waals surface area (Å²) in [5.41, 5.74) is 2.18. The highest BCUT2D eigenvalue weighted by molar-refractivity contribution is 7.90. The zero-order chi connectivity index (χ0) is 12.6. The number of hydrogen-bond donors (Lipinski definition) is 1. The van der Waals surface area contributed by atoms with E-state index in [2.05, 4.69) is 9.71 Å². The Bertz CT molecular complexity index is 645. The average Bonchev–Trinajstić information content (AvgIpc) is 2.56. The van der Waals surface area contributed by atoms with Crippen molar-refractivity contribution in [2.75, 3.05) is 18.8 Å². The molecule has 0 amide bonds. The summed E-state index contributed by atoms with van der Waals surface area (Å²) in [6, 6.07) is 3.45. The zero-order valence-electron chi connectivity index (χ0n) is 9.88. The predicted octanol–water partition coefficient (Wildman–Crippen LogP) is 0.861. The van der Waals surface area contributed by atoms with Gasteiger partial charge in [0.2, 0.25) is 0 Å². The lowest BCUT2D eigenvalue weighted by Gasteiger charge is -2.13. The van der Waals surface area contributed by atoms with Crippen LogP contribution in [-0.2, 0) is 10.2 Å². The Hall–Kier alpha value is -1.60. The number of anilines is 1. The van der Waals surface area contributed by atoms with Crippen LogP contribution in [0, 0.1) is 6.92 Å². The normalized spacial score (nSPS) is 12.2. The molecular formula is C10H14N4O2S. The van der Waals surface area contributed by atoms with E-state index in [-0.39, 0.29) is 0 Å². The van der Waals surface area contributed by atoms with Gasteiger partial charge in [-0.3, -0.25) is 4.72 Å². The summed E-state index contributed by atoms with van der Waals surface area (Å²) in [5, 5.41) is 0. The standard InChI is InChI=1S/C10H14N4O2S/c1-8-6-14-7-9(4-5-10(14)11-8)12-17(15,16)13(2)3/h4-7,12H,1-3H3. The summed E-state index contributed by atoms with van der Waals surface area (Å²) >= 11 is 0. The molecule has 6 nitrogen and oxygen atoms in total. The molecule has 17 heavy (non-hydrogen) atoms. The van der Waals surface area contributed by atoms with Crippen LogP contribution in [0.2, 0.25) is 0 Å². The molecule has 0 aliphatic carbocycles. The number of rotatable bonds is 3. The van der Waals surface area contributed by atoms with E-state index in [9.17, 15) is 8.42 Å². The van der Waals surface area contributed by atoms with Crippen LogP contribution < -0.4 is 4.72 Å². The number of aromatic nitrogens is 2. The molecule has 0 unspecified atom stereocenters. The third-order valence-corrected chi connectivity index (χ3v) is 3.75. The first kappa shape index (κ1) is 11.9. The minimum absolute atomic E-state index is 0.503. The second-order valence-electron chi connectivity index (χ2n) is 3.96. The van der Waals surface area contributed by atoms with E-state index in [4.69, 9.17) is 0 Å². The first-order valence-corrected chi connectivity index (χ1v) is 6.48. The summed E-state index contributed by atoms with van der Waals surface area (Å²) in [4.78, 5) is 4.26. The van der Waals surface area contributed by atoms with Crippen molar-refractivity contribution >= 4 is 21.5 Å². The largest absolute Gasteiger partial charge is 0.305 e. The van der Waals surface area contributed by atoms with Crippen molar-refractivity contribution in [2.45, 2.75) is 6.92 Å². The fourth-order valence-electron chi connectivity index (χ4n) is 1.42. The van der Waals surface area contributed by atoms with Crippen LogP contribution >= 0.6 is 0 Å². The number of imidazole rings is 1. The Morgan fingerprint density at radius 1 is 1.29 bits per heavy atom. The number of pyridine rings is 1. The van der Waals surface area contributed by atoms with Crippen molar-refractivity contribution in [1.29, 1.82) is 0 Å². The molecule has 1 N–H and O–H groups in total. The third kappa shape index (κ3) is 2.40. The number of hydrogen-bond acceptors (Lipinski definition) is 3. The Morgan fingerprint density at radius 3 is 2.65 bits per heavy atom. The van der Waals surface area contributed by atoms with Crippen LogP contribution in [0.1, 0.15) is 5.69 Å². The van der Waals surface area contributed by atoms with E-state index < -0.39 is 10.2 Å². The maximum absolute atomic E-state index is 11.6. The van der Waals surface area contributed by atoms with Gasteiger partial charge in [0.1, 0.15) is 5.65 Å². The van der Waals surface area contributed by atoms with Crippen molar-refractivity contribution in [3.05, 3.63) is 30.2 Å². The molecule has 0 aliphatic rings. The molecule has 0 spiro atoms. The SMILES string of the molecule is Cc1cn2cc(NS(=O)(=O)N(C)C)ccc2n1. The van der Waals surface area contributed by atoms with Crippen molar-refractivity contribution in [3.63, 3.8) is 0 Å². The lowest BCUT2D eigenvalue weighted by atomic mass is 10.4. The van der Waals surface area contributed by atoms with E-state index in [0.29, 0.717) is 5.69 Å². The van der Waals surface area contributed by atoms with E-state index in [1.165, 1.54) is 14.1 Å². The Labute approximate surface area is 100 Å². The van der Waals surface area contributed by atoms with Gasteiger partial charge in [0.15, 0.2) is 0 Å². The first-order valence-electron chi connectivity index (χ1n) is 5.04. The maximum Gasteiger partial charge on any atom is 0.301 e. The fourth-order valence-corrected chi connectivity index (χ4v) is 2.02. The molecule has 0 radical (unpaired) electrons. The van der Waals surface area contributed by atoms with Crippen molar-refractivity contribution < 1.29 is 8.42 Å². The van der Waals surface area contributed by atoms with E-state index in [1.54, 1.807) is 22.7 Å². The van der Waals surface area contributed by atoms with Gasteiger partial charge in [-0.25, -0.2) is 4.98 Å². The average molecular weight is 254 g/mol. The van der Waals surface area contributed by atoms with Gasteiger partial charge < -0.3 is 4.40 Å². The predicted molar refractivity (Wildman–Crippen MR) is 66.2 cm³/mol. The lowest BCUT2D eigenvalue weighted by Crippen LogP contribution is -2.28. The number of fused-ring (bicyclic) bond motifs is 1. The molecule has 2 aromatic heterocycles. The van der Waals surface area contributed by atoms with Crippen molar-refractivity contribution in [2.24, 2.45) is 0 Å². The third-order valence-electron chi connectivity index (χ3n) is 2.30. The summed E-state index contributed by atoms with van der Waals surface area (Å²) in [5.74, 6) is 0. The second kappa shape index (κ2) is 4.01. The minimum atomic E-state index is -3.46. The molecule has 0 bridgehead atoms. The fraction of sp³-hybridized carbons (Fsp3) is 0.300. The zero-order valence-corrected chi connectivity index (χ0v) is 10.7. The van der Waals surface area contributed by atoms with Gasteiger partial charge in [0.05, 0.1) is 11.4 Å². The first-order chi connectivity index (χ1) is 7.88. The van der Waals surface area contributed by atoms with Crippen LogP contribution in [0.15, 0.2) is 24.5 Å². The molecule has 92 valence electrons. The Balaban J connectivity index is 2.37. The highest BCUT2D eigenvalue weighted by Crippen LogP contribution is 2.13. The summed E-state index contributed by atoms with van der Waals surface area (Å²) in [6.07, 6.45) is 3.53.